The predicted octanol–water partition coefficient (Wildman–Crippen LogP) is 2.84. The minimum Gasteiger partial charge on any atom is -0.396 e. The smallest absolute Gasteiger partial charge is 0.0501 e. The first-order valence-corrected chi connectivity index (χ1v) is 5.89. The molecule has 0 aliphatic heterocycles. The molecule has 1 atom stereocenters. The molecule has 1 aromatic rings. The Balaban J connectivity index is 2.75. The van der Waals surface area contributed by atoms with E-state index in [4.69, 9.17) is 0 Å². The minimum absolute atomic E-state index is 0.0154. The largest absolute Gasteiger partial charge is 0.396 e. The van der Waals surface area contributed by atoms with Gasteiger partial charge in [0, 0.05) is 24.7 Å². The fourth-order valence-corrected chi connectivity index (χ4v) is 1.80. The minimum atomic E-state index is -0.0154. The van der Waals surface area contributed by atoms with Gasteiger partial charge in [0.1, 0.15) is 0 Å². The summed E-state index contributed by atoms with van der Waals surface area (Å²) >= 11 is 0. The van der Waals surface area contributed by atoms with Crippen LogP contribution >= 0.6 is 0 Å². The van der Waals surface area contributed by atoms with Gasteiger partial charge in [0.05, 0.1) is 6.61 Å². The molecular weight excluding hydrogens is 198 g/mol. The SMILES string of the molecule is CCC(C)(CO)CN(C)c1cccc(C)c1. The van der Waals surface area contributed by atoms with Crippen LogP contribution in [0.25, 0.3) is 0 Å². The van der Waals surface area contributed by atoms with E-state index in [2.05, 4.69) is 57.0 Å². The lowest BCUT2D eigenvalue weighted by atomic mass is 9.88. The molecule has 0 bridgehead atoms. The van der Waals surface area contributed by atoms with Crippen LogP contribution in [-0.2, 0) is 0 Å². The summed E-state index contributed by atoms with van der Waals surface area (Å²) in [7, 11) is 2.08. The molecule has 0 spiro atoms. The molecule has 0 heterocycles. The maximum absolute atomic E-state index is 9.41. The number of hydrogen-bond acceptors (Lipinski definition) is 2. The first kappa shape index (κ1) is 13.0. The first-order valence-electron chi connectivity index (χ1n) is 5.89. The summed E-state index contributed by atoms with van der Waals surface area (Å²) in [6, 6.07) is 8.46. The van der Waals surface area contributed by atoms with E-state index in [9.17, 15) is 5.11 Å². The molecule has 2 nitrogen and oxygen atoms in total. The van der Waals surface area contributed by atoms with Gasteiger partial charge in [-0.2, -0.15) is 0 Å². The molecule has 90 valence electrons. The molecule has 1 rings (SSSR count). The van der Waals surface area contributed by atoms with Gasteiger partial charge in [0.25, 0.3) is 0 Å². The Bertz CT molecular complexity index is 331. The van der Waals surface area contributed by atoms with Crippen molar-refractivity contribution in [3.8, 4) is 0 Å². The first-order chi connectivity index (χ1) is 7.50. The van der Waals surface area contributed by atoms with Crippen LogP contribution in [0.1, 0.15) is 25.8 Å². The monoisotopic (exact) mass is 221 g/mol. The van der Waals surface area contributed by atoms with Crippen LogP contribution in [0, 0.1) is 12.3 Å². The molecule has 1 N–H and O–H groups in total. The lowest BCUT2D eigenvalue weighted by Crippen LogP contribution is -2.35. The van der Waals surface area contributed by atoms with E-state index in [1.54, 1.807) is 0 Å². The molecule has 1 unspecified atom stereocenters. The van der Waals surface area contributed by atoms with Crippen LogP contribution in [0.15, 0.2) is 24.3 Å². The summed E-state index contributed by atoms with van der Waals surface area (Å²) < 4.78 is 0. The van der Waals surface area contributed by atoms with Crippen LogP contribution in [0.2, 0.25) is 0 Å². The molecule has 0 fully saturated rings. The molecule has 1 aromatic carbocycles. The van der Waals surface area contributed by atoms with Gasteiger partial charge in [-0.25, -0.2) is 0 Å². The normalized spacial score (nSPS) is 14.6. The fraction of sp³-hybridized carbons (Fsp3) is 0.571. The summed E-state index contributed by atoms with van der Waals surface area (Å²) in [5.74, 6) is 0. The van der Waals surface area contributed by atoms with Crippen LogP contribution < -0.4 is 4.90 Å². The molecule has 0 amide bonds. The number of aliphatic hydroxyl groups excluding tert-OH is 1. The number of aryl methyl sites for hydroxylation is 1. The van der Waals surface area contributed by atoms with Crippen molar-refractivity contribution >= 4 is 5.69 Å². The predicted molar refractivity (Wildman–Crippen MR) is 69.9 cm³/mol. The number of nitrogens with zero attached hydrogens (tertiary/aromatic N) is 1. The van der Waals surface area contributed by atoms with Gasteiger partial charge < -0.3 is 10.0 Å². The van der Waals surface area contributed by atoms with Crippen LogP contribution in [0.4, 0.5) is 5.69 Å². The van der Waals surface area contributed by atoms with Gasteiger partial charge in [-0.15, -0.1) is 0 Å². The van der Waals surface area contributed by atoms with E-state index >= 15 is 0 Å². The lowest BCUT2D eigenvalue weighted by molar-refractivity contribution is 0.144. The third-order valence-electron chi connectivity index (χ3n) is 3.30. The second kappa shape index (κ2) is 5.35. The number of anilines is 1. The highest BCUT2D eigenvalue weighted by Gasteiger charge is 2.23. The van der Waals surface area contributed by atoms with Gasteiger partial charge in [-0.05, 0) is 31.0 Å². The maximum atomic E-state index is 9.41. The summed E-state index contributed by atoms with van der Waals surface area (Å²) in [5, 5.41) is 9.41. The molecule has 2 heteroatoms. The quantitative estimate of drug-likeness (QED) is 0.826. The zero-order chi connectivity index (χ0) is 12.2. The summed E-state index contributed by atoms with van der Waals surface area (Å²) in [5.41, 5.74) is 2.47. The second-order valence-electron chi connectivity index (χ2n) is 5.02. The van der Waals surface area contributed by atoms with E-state index in [1.165, 1.54) is 11.3 Å². The highest BCUT2D eigenvalue weighted by atomic mass is 16.3. The van der Waals surface area contributed by atoms with Crippen LogP contribution in [0.3, 0.4) is 0 Å². The van der Waals surface area contributed by atoms with Crippen molar-refractivity contribution in [2.45, 2.75) is 27.2 Å². The molecule has 16 heavy (non-hydrogen) atoms. The summed E-state index contributed by atoms with van der Waals surface area (Å²) in [6.45, 7) is 7.46. The molecule has 0 saturated carbocycles. The van der Waals surface area contributed by atoms with E-state index in [0.29, 0.717) is 0 Å². The average molecular weight is 221 g/mol. The third kappa shape index (κ3) is 3.24. The van der Waals surface area contributed by atoms with E-state index < -0.39 is 0 Å². The van der Waals surface area contributed by atoms with E-state index in [0.717, 1.165) is 13.0 Å². The standard InChI is InChI=1S/C14H23NO/c1-5-14(3,11-16)10-15(4)13-8-6-7-12(2)9-13/h6-9,16H,5,10-11H2,1-4H3. The molecule has 0 saturated heterocycles. The molecule has 0 aliphatic carbocycles. The lowest BCUT2D eigenvalue weighted by Gasteiger charge is -2.32. The topological polar surface area (TPSA) is 23.5 Å². The molecule has 0 aromatic heterocycles. The number of rotatable bonds is 5. The van der Waals surface area contributed by atoms with Gasteiger partial charge in [-0.1, -0.05) is 26.0 Å². The second-order valence-corrected chi connectivity index (χ2v) is 5.02. The third-order valence-corrected chi connectivity index (χ3v) is 3.30. The highest BCUT2D eigenvalue weighted by Crippen LogP contribution is 2.24. The summed E-state index contributed by atoms with van der Waals surface area (Å²) in [4.78, 5) is 2.22. The van der Waals surface area contributed by atoms with Crippen molar-refractivity contribution in [2.75, 3.05) is 25.1 Å². The Hall–Kier alpha value is -1.02. The Morgan fingerprint density at radius 2 is 2.06 bits per heavy atom. The number of benzene rings is 1. The Morgan fingerprint density at radius 1 is 1.38 bits per heavy atom. The van der Waals surface area contributed by atoms with Gasteiger partial charge in [-0.3, -0.25) is 0 Å². The van der Waals surface area contributed by atoms with Gasteiger partial charge in [0.15, 0.2) is 0 Å². The van der Waals surface area contributed by atoms with Crippen LogP contribution in [0.5, 0.6) is 0 Å². The molecule has 0 aliphatic rings. The molecule has 0 radical (unpaired) electrons. The highest BCUT2D eigenvalue weighted by molar-refractivity contribution is 5.47. The molecular formula is C14H23NO. The van der Waals surface area contributed by atoms with E-state index in [-0.39, 0.29) is 12.0 Å². The van der Waals surface area contributed by atoms with Gasteiger partial charge >= 0.3 is 0 Å². The van der Waals surface area contributed by atoms with Crippen molar-refractivity contribution in [3.05, 3.63) is 29.8 Å². The van der Waals surface area contributed by atoms with Crippen molar-refractivity contribution in [1.29, 1.82) is 0 Å². The van der Waals surface area contributed by atoms with Crippen LogP contribution in [-0.4, -0.2) is 25.3 Å². The van der Waals surface area contributed by atoms with Gasteiger partial charge in [0.2, 0.25) is 0 Å². The zero-order valence-corrected chi connectivity index (χ0v) is 10.8. The fourth-order valence-electron chi connectivity index (χ4n) is 1.80. The van der Waals surface area contributed by atoms with E-state index in [1.807, 2.05) is 0 Å². The van der Waals surface area contributed by atoms with Crippen molar-refractivity contribution in [3.63, 3.8) is 0 Å². The average Bonchev–Trinajstić information content (AvgIpc) is 2.29. The Labute approximate surface area is 98.9 Å². The maximum Gasteiger partial charge on any atom is 0.0501 e. The zero-order valence-electron chi connectivity index (χ0n) is 10.8. The van der Waals surface area contributed by atoms with Crippen molar-refractivity contribution in [1.82, 2.24) is 0 Å². The Kier molecular flexibility index (Phi) is 4.36. The number of aliphatic hydroxyl groups is 1. The number of hydrogen-bond donors (Lipinski definition) is 1. The van der Waals surface area contributed by atoms with Crippen molar-refractivity contribution in [2.24, 2.45) is 5.41 Å². The summed E-state index contributed by atoms with van der Waals surface area (Å²) in [6.07, 6.45) is 0.986. The van der Waals surface area contributed by atoms with Crippen molar-refractivity contribution < 1.29 is 5.11 Å². The Morgan fingerprint density at radius 3 is 2.56 bits per heavy atom.